The maximum atomic E-state index is 5.50. The first-order chi connectivity index (χ1) is 4.93. The predicted octanol–water partition coefficient (Wildman–Crippen LogP) is 2.21. The lowest BCUT2D eigenvalue weighted by Gasteiger charge is -2.18. The molecule has 1 heterocycles. The highest BCUT2D eigenvalue weighted by atomic mass is 35.5. The highest BCUT2D eigenvalue weighted by Crippen LogP contribution is 2.15. The molecule has 0 unspecified atom stereocenters. The van der Waals surface area contributed by atoms with Crippen molar-refractivity contribution in [3.05, 3.63) is 12.2 Å². The molecule has 1 aliphatic rings. The zero-order valence-electron chi connectivity index (χ0n) is 6.05. The molecule has 0 atom stereocenters. The third kappa shape index (κ3) is 2.72. The predicted molar refractivity (Wildman–Crippen MR) is 43.4 cm³/mol. The van der Waals surface area contributed by atoms with Crippen LogP contribution in [0.1, 0.15) is 12.8 Å². The minimum atomic E-state index is 0.636. The second kappa shape index (κ2) is 4.75. The maximum Gasteiger partial charge on any atom is 0.0471 e. The molecule has 1 saturated heterocycles. The summed E-state index contributed by atoms with van der Waals surface area (Å²) in [5.41, 5.74) is 0. The Hall–Kier alpha value is -0.0100. The molecule has 1 nitrogen and oxygen atoms in total. The molecule has 0 saturated carbocycles. The third-order valence-electron chi connectivity index (χ3n) is 1.76. The summed E-state index contributed by atoms with van der Waals surface area (Å²) in [7, 11) is 0. The number of halogens is 1. The number of hydrogen-bond acceptors (Lipinski definition) is 1. The monoisotopic (exact) mass is 160 g/mol. The Balaban J connectivity index is 2.19. The van der Waals surface area contributed by atoms with Gasteiger partial charge in [0, 0.05) is 19.1 Å². The van der Waals surface area contributed by atoms with E-state index >= 15 is 0 Å². The van der Waals surface area contributed by atoms with Gasteiger partial charge in [-0.2, -0.15) is 0 Å². The topological polar surface area (TPSA) is 9.23 Å². The zero-order valence-corrected chi connectivity index (χ0v) is 6.81. The fourth-order valence-electron chi connectivity index (χ4n) is 1.15. The Labute approximate surface area is 67.0 Å². The summed E-state index contributed by atoms with van der Waals surface area (Å²) in [5.74, 6) is 1.35. The number of ether oxygens (including phenoxy) is 1. The molecular weight excluding hydrogens is 148 g/mol. The Kier molecular flexibility index (Phi) is 3.84. The summed E-state index contributed by atoms with van der Waals surface area (Å²) in [6.07, 6.45) is 6.55. The van der Waals surface area contributed by atoms with Crippen LogP contribution in [-0.2, 0) is 4.74 Å². The standard InChI is InChI=1S/C8H13ClO/c9-5-1-2-8-3-6-10-7-4-8/h1-2,8H,3-7H2. The average Bonchev–Trinajstić information content (AvgIpc) is 2.03. The number of hydrogen-bond donors (Lipinski definition) is 0. The van der Waals surface area contributed by atoms with Crippen molar-refractivity contribution >= 4 is 11.6 Å². The highest BCUT2D eigenvalue weighted by Gasteiger charge is 2.09. The average molecular weight is 161 g/mol. The Morgan fingerprint density at radius 3 is 2.70 bits per heavy atom. The molecule has 1 aliphatic heterocycles. The van der Waals surface area contributed by atoms with Crippen LogP contribution in [0.15, 0.2) is 12.2 Å². The minimum Gasteiger partial charge on any atom is -0.381 e. The van der Waals surface area contributed by atoms with Crippen LogP contribution >= 0.6 is 11.6 Å². The summed E-state index contributed by atoms with van der Waals surface area (Å²) < 4.78 is 5.21. The van der Waals surface area contributed by atoms with E-state index in [0.717, 1.165) is 26.1 Å². The zero-order chi connectivity index (χ0) is 7.23. The SMILES string of the molecule is ClCC=CC1CCOCC1. The van der Waals surface area contributed by atoms with E-state index in [0.29, 0.717) is 11.8 Å². The fourth-order valence-corrected chi connectivity index (χ4v) is 1.26. The molecule has 0 aliphatic carbocycles. The van der Waals surface area contributed by atoms with E-state index in [2.05, 4.69) is 6.08 Å². The quantitative estimate of drug-likeness (QED) is 0.445. The van der Waals surface area contributed by atoms with Crippen molar-refractivity contribution in [1.82, 2.24) is 0 Å². The number of alkyl halides is 1. The van der Waals surface area contributed by atoms with Gasteiger partial charge < -0.3 is 4.74 Å². The van der Waals surface area contributed by atoms with Crippen LogP contribution in [0.5, 0.6) is 0 Å². The second-order valence-electron chi connectivity index (χ2n) is 2.53. The maximum absolute atomic E-state index is 5.50. The van der Waals surface area contributed by atoms with Crippen molar-refractivity contribution in [1.29, 1.82) is 0 Å². The van der Waals surface area contributed by atoms with Gasteiger partial charge in [0.1, 0.15) is 0 Å². The van der Waals surface area contributed by atoms with E-state index in [1.54, 1.807) is 0 Å². The lowest BCUT2D eigenvalue weighted by molar-refractivity contribution is 0.0785. The molecule has 0 aromatic carbocycles. The van der Waals surface area contributed by atoms with Crippen LogP contribution < -0.4 is 0 Å². The third-order valence-corrected chi connectivity index (χ3v) is 1.94. The number of rotatable bonds is 2. The molecule has 2 heteroatoms. The summed E-state index contributed by atoms with van der Waals surface area (Å²) in [6.45, 7) is 1.83. The summed E-state index contributed by atoms with van der Waals surface area (Å²) >= 11 is 5.50. The van der Waals surface area contributed by atoms with Gasteiger partial charge in [0.2, 0.25) is 0 Å². The van der Waals surface area contributed by atoms with Crippen molar-refractivity contribution in [2.75, 3.05) is 19.1 Å². The van der Waals surface area contributed by atoms with Crippen molar-refractivity contribution in [2.45, 2.75) is 12.8 Å². The van der Waals surface area contributed by atoms with Crippen LogP contribution in [-0.4, -0.2) is 19.1 Å². The molecule has 58 valence electrons. The molecule has 1 fully saturated rings. The first-order valence-electron chi connectivity index (χ1n) is 3.74. The van der Waals surface area contributed by atoms with E-state index in [4.69, 9.17) is 16.3 Å². The molecule has 10 heavy (non-hydrogen) atoms. The minimum absolute atomic E-state index is 0.636. The van der Waals surface area contributed by atoms with Crippen molar-refractivity contribution in [3.63, 3.8) is 0 Å². The van der Waals surface area contributed by atoms with Crippen molar-refractivity contribution in [3.8, 4) is 0 Å². The van der Waals surface area contributed by atoms with E-state index in [-0.39, 0.29) is 0 Å². The van der Waals surface area contributed by atoms with E-state index in [1.165, 1.54) is 0 Å². The van der Waals surface area contributed by atoms with Crippen LogP contribution in [0, 0.1) is 5.92 Å². The Morgan fingerprint density at radius 2 is 2.10 bits per heavy atom. The van der Waals surface area contributed by atoms with Crippen LogP contribution in [0.25, 0.3) is 0 Å². The molecule has 0 N–H and O–H groups in total. The van der Waals surface area contributed by atoms with Gasteiger partial charge >= 0.3 is 0 Å². The molecule has 0 aromatic heterocycles. The molecular formula is C8H13ClO. The normalized spacial score (nSPS) is 22.1. The molecule has 0 spiro atoms. The van der Waals surface area contributed by atoms with E-state index < -0.39 is 0 Å². The second-order valence-corrected chi connectivity index (χ2v) is 2.84. The highest BCUT2D eigenvalue weighted by molar-refractivity contribution is 6.18. The van der Waals surface area contributed by atoms with Gasteiger partial charge in [-0.1, -0.05) is 12.2 Å². The molecule has 1 rings (SSSR count). The Morgan fingerprint density at radius 1 is 1.40 bits per heavy atom. The molecule has 0 bridgehead atoms. The van der Waals surface area contributed by atoms with Gasteiger partial charge in [-0.05, 0) is 18.8 Å². The molecule has 0 aromatic rings. The fraction of sp³-hybridized carbons (Fsp3) is 0.750. The summed E-state index contributed by atoms with van der Waals surface area (Å²) in [4.78, 5) is 0. The smallest absolute Gasteiger partial charge is 0.0471 e. The lowest BCUT2D eigenvalue weighted by atomic mass is 10.0. The summed E-state index contributed by atoms with van der Waals surface area (Å²) in [6, 6.07) is 0. The van der Waals surface area contributed by atoms with Gasteiger partial charge in [-0.15, -0.1) is 11.6 Å². The molecule has 0 amide bonds. The van der Waals surface area contributed by atoms with Gasteiger partial charge in [0.25, 0.3) is 0 Å². The summed E-state index contributed by atoms with van der Waals surface area (Å²) in [5, 5.41) is 0. The molecule has 0 radical (unpaired) electrons. The first-order valence-corrected chi connectivity index (χ1v) is 4.27. The van der Waals surface area contributed by atoms with E-state index in [9.17, 15) is 0 Å². The lowest BCUT2D eigenvalue weighted by Crippen LogP contribution is -2.13. The largest absolute Gasteiger partial charge is 0.381 e. The van der Waals surface area contributed by atoms with E-state index in [1.807, 2.05) is 6.08 Å². The van der Waals surface area contributed by atoms with Crippen molar-refractivity contribution < 1.29 is 4.74 Å². The number of allylic oxidation sites excluding steroid dienone is 2. The van der Waals surface area contributed by atoms with Crippen LogP contribution in [0.3, 0.4) is 0 Å². The van der Waals surface area contributed by atoms with Crippen LogP contribution in [0.4, 0.5) is 0 Å². The Bertz CT molecular complexity index is 106. The van der Waals surface area contributed by atoms with Gasteiger partial charge in [-0.25, -0.2) is 0 Å². The van der Waals surface area contributed by atoms with Crippen molar-refractivity contribution in [2.24, 2.45) is 5.92 Å². The first kappa shape index (κ1) is 8.09. The van der Waals surface area contributed by atoms with Gasteiger partial charge in [0.15, 0.2) is 0 Å². The van der Waals surface area contributed by atoms with Gasteiger partial charge in [-0.3, -0.25) is 0 Å². The van der Waals surface area contributed by atoms with Crippen LogP contribution in [0.2, 0.25) is 0 Å². The van der Waals surface area contributed by atoms with Gasteiger partial charge in [0.05, 0.1) is 0 Å².